The normalized spacial score (nSPS) is 14.9. The van der Waals surface area contributed by atoms with Crippen molar-refractivity contribution in [3.05, 3.63) is 165 Å². The van der Waals surface area contributed by atoms with Gasteiger partial charge in [-0.3, -0.25) is 28.1 Å². The molecule has 3 aliphatic heterocycles. The molecule has 24 nitrogen and oxygen atoms in total. The summed E-state index contributed by atoms with van der Waals surface area (Å²) in [7, 11) is 11.5. The summed E-state index contributed by atoms with van der Waals surface area (Å²) in [5, 5.41) is 40.4. The number of nitrogens with one attached hydrogen (secondary N) is 4. The average Bonchev–Trinajstić information content (AvgIpc) is 1.32. The number of benzene rings is 3. The minimum absolute atomic E-state index is 0.402. The summed E-state index contributed by atoms with van der Waals surface area (Å²) < 4.78 is 22.1. The molecule has 24 heteroatoms. The number of rotatable bonds is 18. The largest absolute Gasteiger partial charge is 0.477 e. The maximum atomic E-state index is 6.10. The Bertz CT molecular complexity index is 4290. The lowest BCUT2D eigenvalue weighted by molar-refractivity contribution is -0.0513. The molecule has 0 spiro atoms. The fraction of sp³-hybridized carbons (Fsp3) is 0.314. The van der Waals surface area contributed by atoms with E-state index in [4.69, 9.17) is 34.4 Å². The van der Waals surface area contributed by atoms with Crippen LogP contribution in [0.5, 0.6) is 5.88 Å². The van der Waals surface area contributed by atoms with Crippen LogP contribution in [0.4, 0.5) is 11.6 Å². The van der Waals surface area contributed by atoms with Crippen molar-refractivity contribution in [3.63, 3.8) is 0 Å². The van der Waals surface area contributed by atoms with Crippen LogP contribution >= 0.6 is 0 Å². The third-order valence-corrected chi connectivity index (χ3v) is 16.9. The average molecular weight is 1260 g/mol. The Balaban J connectivity index is 0.000000128. The molecule has 480 valence electrons. The van der Waals surface area contributed by atoms with Crippen LogP contribution in [0, 0.1) is 17.8 Å². The Hall–Kier alpha value is -10.6. The second kappa shape index (κ2) is 28.9. The van der Waals surface area contributed by atoms with E-state index in [0.717, 1.165) is 148 Å². The number of hydrogen-bond acceptors (Lipinski definition) is 18. The smallest absolute Gasteiger partial charge is 0.225 e. The van der Waals surface area contributed by atoms with Crippen LogP contribution < -0.4 is 26.0 Å². The van der Waals surface area contributed by atoms with Crippen LogP contribution in [-0.2, 0) is 47.0 Å². The molecule has 12 aromatic rings. The van der Waals surface area contributed by atoms with Crippen molar-refractivity contribution >= 4 is 11.6 Å². The molecule has 0 saturated carbocycles. The highest BCUT2D eigenvalue weighted by molar-refractivity contribution is 5.78. The lowest BCUT2D eigenvalue weighted by Crippen LogP contribution is -2.33. The maximum absolute atomic E-state index is 6.10. The van der Waals surface area contributed by atoms with Crippen molar-refractivity contribution in [3.8, 4) is 107 Å². The van der Waals surface area contributed by atoms with Gasteiger partial charge in [0.25, 0.3) is 0 Å². The van der Waals surface area contributed by atoms with E-state index < -0.39 is 0 Å². The van der Waals surface area contributed by atoms with Crippen LogP contribution in [0.3, 0.4) is 0 Å². The summed E-state index contributed by atoms with van der Waals surface area (Å²) in [6, 6.07) is 28.7. The van der Waals surface area contributed by atoms with Gasteiger partial charge < -0.3 is 30.7 Å². The number of hydrogen-bond donors (Lipinski definition) is 4. The summed E-state index contributed by atoms with van der Waals surface area (Å²) in [5.74, 6) is 5.86. The molecule has 94 heavy (non-hydrogen) atoms. The number of nitrogens with zero attached hydrogens (tertiary/aromatic N) is 18. The Morgan fingerprint density at radius 1 is 0.447 bits per heavy atom. The molecule has 0 aliphatic carbocycles. The Labute approximate surface area is 545 Å². The molecule has 0 radical (unpaired) electrons. The topological polar surface area (TPSA) is 251 Å². The fourth-order valence-electron chi connectivity index (χ4n) is 11.6. The highest BCUT2D eigenvalue weighted by Crippen LogP contribution is 2.35. The molecule has 0 bridgehead atoms. The number of anilines is 2. The van der Waals surface area contributed by atoms with E-state index in [1.165, 1.54) is 25.7 Å². The maximum Gasteiger partial charge on any atom is 0.225 e. The van der Waals surface area contributed by atoms with Crippen LogP contribution in [0.2, 0.25) is 0 Å². The second-order valence-corrected chi connectivity index (χ2v) is 24.3. The summed E-state index contributed by atoms with van der Waals surface area (Å²) in [6.07, 6.45) is 29.6. The van der Waals surface area contributed by atoms with Crippen LogP contribution in [-0.4, -0.2) is 148 Å². The molecular weight excluding hydrogens is 1180 g/mol. The van der Waals surface area contributed by atoms with Gasteiger partial charge in [0, 0.05) is 156 Å². The second-order valence-electron chi connectivity index (χ2n) is 24.3. The summed E-state index contributed by atoms with van der Waals surface area (Å²) in [4.78, 5) is 28.7. The van der Waals surface area contributed by atoms with Gasteiger partial charge in [0.2, 0.25) is 5.88 Å². The van der Waals surface area contributed by atoms with Gasteiger partial charge in [-0.2, -0.15) is 35.6 Å². The van der Waals surface area contributed by atoms with Crippen molar-refractivity contribution in [2.75, 3.05) is 69.7 Å². The number of piperidine rings is 2. The van der Waals surface area contributed by atoms with E-state index >= 15 is 0 Å². The molecule has 12 heterocycles. The predicted octanol–water partition coefficient (Wildman–Crippen LogP) is 9.68. The Morgan fingerprint density at radius 2 is 0.894 bits per heavy atom. The molecular formula is C70H78N22O2. The zero-order chi connectivity index (χ0) is 64.3. The minimum Gasteiger partial charge on any atom is -0.477 e. The Kier molecular flexibility index (Phi) is 19.2. The van der Waals surface area contributed by atoms with Crippen molar-refractivity contribution in [2.24, 2.45) is 60.0 Å². The van der Waals surface area contributed by atoms with Gasteiger partial charge in [-0.05, 0) is 111 Å². The van der Waals surface area contributed by atoms with Crippen LogP contribution in [0.25, 0.3) is 101 Å². The highest BCUT2D eigenvalue weighted by Gasteiger charge is 2.23. The van der Waals surface area contributed by atoms with E-state index in [9.17, 15) is 0 Å². The highest BCUT2D eigenvalue weighted by atomic mass is 16.5. The van der Waals surface area contributed by atoms with Gasteiger partial charge in [-0.1, -0.05) is 54.6 Å². The van der Waals surface area contributed by atoms with E-state index in [-0.39, 0.29) is 0 Å². The molecule has 1 unspecified atom stereocenters. The van der Waals surface area contributed by atoms with Gasteiger partial charge in [0.15, 0.2) is 17.5 Å². The van der Waals surface area contributed by atoms with Crippen molar-refractivity contribution in [2.45, 2.75) is 25.7 Å². The quantitative estimate of drug-likeness (QED) is 0.0624. The first-order valence-electron chi connectivity index (χ1n) is 31.9. The van der Waals surface area contributed by atoms with E-state index in [0.29, 0.717) is 47.7 Å². The number of aromatic nitrogens is 18. The van der Waals surface area contributed by atoms with Gasteiger partial charge in [-0.15, -0.1) is 0 Å². The minimum atomic E-state index is 0.402. The van der Waals surface area contributed by atoms with Crippen molar-refractivity contribution in [1.29, 1.82) is 0 Å². The zero-order valence-electron chi connectivity index (χ0n) is 53.9. The molecule has 3 fully saturated rings. The predicted molar refractivity (Wildman–Crippen MR) is 364 cm³/mol. The summed E-state index contributed by atoms with van der Waals surface area (Å²) in [6.45, 7) is 8.11. The van der Waals surface area contributed by atoms with Gasteiger partial charge in [-0.25, -0.2) is 24.9 Å². The molecule has 3 aliphatic rings. The molecule has 3 saturated heterocycles. The molecule has 0 amide bonds. The molecule has 1 atom stereocenters. The Morgan fingerprint density at radius 3 is 1.31 bits per heavy atom. The fourth-order valence-corrected chi connectivity index (χ4v) is 11.6. The molecule has 15 rings (SSSR count). The summed E-state index contributed by atoms with van der Waals surface area (Å²) in [5.41, 5.74) is 14.7. The first kappa shape index (κ1) is 62.3. The monoisotopic (exact) mass is 1260 g/mol. The lowest BCUT2D eigenvalue weighted by atomic mass is 9.98. The third kappa shape index (κ3) is 15.3. The van der Waals surface area contributed by atoms with Gasteiger partial charge >= 0.3 is 0 Å². The lowest BCUT2D eigenvalue weighted by Gasteiger charge is -2.25. The first-order chi connectivity index (χ1) is 46.0. The number of aryl methyl sites for hydroxylation is 6. The molecule has 9 aromatic heterocycles. The van der Waals surface area contributed by atoms with E-state index in [1.807, 2.05) is 175 Å². The van der Waals surface area contributed by atoms with Crippen LogP contribution in [0.15, 0.2) is 165 Å². The summed E-state index contributed by atoms with van der Waals surface area (Å²) >= 11 is 0. The van der Waals surface area contributed by atoms with E-state index in [1.54, 1.807) is 24.9 Å². The third-order valence-electron chi connectivity index (χ3n) is 16.9. The van der Waals surface area contributed by atoms with Gasteiger partial charge in [0.1, 0.15) is 11.6 Å². The standard InChI is InChI=1S/2C24H28N8.C22H22N6O2/c1-31-10-8-22(30-31)21-15-27-23(29-24(21)26-13-17-5-4-9-25-12-17)19-7-3-6-18(11-19)20-14-28-32(2)16-20;1-31-11-8-22(30-31)21-15-27-23(29-24(21)26-13-17-6-9-25-10-7-17)19-5-3-4-18(12-19)20-14-28-32(2)16-20;1-27-10-18(7-24-27)16-4-3-5-17(6-16)21-23-9-20(19-8-25-28(2)11-19)22(26-21)30-14-15-12-29-13-15/h3,6-8,10-11,14-17,25H,4-5,9,12-13H2,1-2H3,(H,26,27,29);3-5,8,11-12,14-17,25H,6-7,9-10,13H2,1-2H3,(H,26,27,29);3-11,15H,12-14H2,1-2H3. The molecule has 3 aromatic carbocycles. The van der Waals surface area contributed by atoms with Crippen LogP contribution in [0.1, 0.15) is 25.7 Å². The SMILES string of the molecule is Cn1cc(-c2cccc(-c3ncc(-c4ccn(C)n4)c(NCC4CCCNC4)n3)c2)cn1.Cn1cc(-c2cccc(-c3ncc(-c4ccn(C)n4)c(NCC4CCNCC4)n3)c2)cn1.Cn1cc(-c2cccc(-c3ncc(-c4cnn(C)c4)c(OCC4COC4)n3)c2)cn1. The zero-order valence-corrected chi connectivity index (χ0v) is 53.9. The van der Waals surface area contributed by atoms with Gasteiger partial charge in [0.05, 0.1) is 72.7 Å². The van der Waals surface area contributed by atoms with Crippen molar-refractivity contribution < 1.29 is 9.47 Å². The molecule has 4 N–H and O–H groups in total. The van der Waals surface area contributed by atoms with E-state index in [2.05, 4.69) is 93.2 Å². The van der Waals surface area contributed by atoms with Crippen molar-refractivity contribution in [1.82, 2.24) is 99.2 Å². The first-order valence-corrected chi connectivity index (χ1v) is 31.9. The number of ether oxygens (including phenoxy) is 2.